The monoisotopic (exact) mass is 616 g/mol. The first-order chi connectivity index (χ1) is 19.5. The second kappa shape index (κ2) is 15.3. The summed E-state index contributed by atoms with van der Waals surface area (Å²) < 4.78 is 18.1. The summed E-state index contributed by atoms with van der Waals surface area (Å²) in [6.45, 7) is 6.30. The van der Waals surface area contributed by atoms with Crippen LogP contribution in [0.4, 0.5) is 0 Å². The van der Waals surface area contributed by atoms with Gasteiger partial charge in [-0.25, -0.2) is 5.43 Å². The molecule has 1 saturated heterocycles. The zero-order valence-electron chi connectivity index (χ0n) is 22.0. The molecule has 10 heteroatoms. The zero-order chi connectivity index (χ0) is 28.3. The Bertz CT molecular complexity index is 1350. The molecule has 0 bridgehead atoms. The van der Waals surface area contributed by atoms with Crippen molar-refractivity contribution in [1.82, 2.24) is 5.43 Å². The van der Waals surface area contributed by atoms with Gasteiger partial charge in [-0.2, -0.15) is 5.10 Å². The van der Waals surface area contributed by atoms with Gasteiger partial charge in [-0.15, -0.1) is 30.1 Å². The second-order valence-electron chi connectivity index (χ2n) is 8.68. The maximum absolute atomic E-state index is 12.3. The minimum Gasteiger partial charge on any atom is -0.490 e. The normalized spacial score (nSPS) is 13.4. The van der Waals surface area contributed by atoms with E-state index in [0.29, 0.717) is 44.9 Å². The quantitative estimate of drug-likeness (QED) is 0.120. The van der Waals surface area contributed by atoms with E-state index >= 15 is 0 Å². The fourth-order valence-electron chi connectivity index (χ4n) is 3.91. The number of hydrogen-bond donors (Lipinski definition) is 1. The second-order valence-corrected chi connectivity index (χ2v) is 12.2. The van der Waals surface area contributed by atoms with Crippen LogP contribution in [0.2, 0.25) is 10.0 Å². The van der Waals surface area contributed by atoms with Gasteiger partial charge in [-0.05, 0) is 60.9 Å². The van der Waals surface area contributed by atoms with Crippen LogP contribution < -0.4 is 19.6 Å². The molecule has 1 heterocycles. The van der Waals surface area contributed by atoms with Crippen molar-refractivity contribution in [1.29, 1.82) is 0 Å². The van der Waals surface area contributed by atoms with E-state index in [2.05, 4.69) is 29.2 Å². The van der Waals surface area contributed by atoms with Crippen LogP contribution in [-0.4, -0.2) is 36.8 Å². The summed E-state index contributed by atoms with van der Waals surface area (Å²) in [6, 6.07) is 16.9. The molecule has 4 rings (SSSR count). The Morgan fingerprint density at radius 2 is 1.82 bits per heavy atom. The number of benzene rings is 3. The number of hydrogen-bond acceptors (Lipinski definition) is 7. The van der Waals surface area contributed by atoms with Gasteiger partial charge >= 0.3 is 0 Å². The summed E-state index contributed by atoms with van der Waals surface area (Å²) in [7, 11) is 0. The molecule has 40 heavy (non-hydrogen) atoms. The molecule has 0 radical (unpaired) electrons. The third-order valence-corrected chi connectivity index (χ3v) is 9.44. The van der Waals surface area contributed by atoms with Crippen LogP contribution in [-0.2, 0) is 17.8 Å². The van der Waals surface area contributed by atoms with E-state index < -0.39 is 0 Å². The standard InChI is InChI=1S/C30H30Cl2N2O4S2/c1-3-5-22-14-20(15-27(36-4-2)29(22)38-18-23-6-9-24(31)16-26(23)32)17-33-34-28(35)19-37-25-10-7-21(8-11-25)30-39-12-13-40-30/h3,6-11,14-17,30H,1,4-5,12-13,18-19H2,2H3,(H,34,35)/b33-17-. The zero-order valence-corrected chi connectivity index (χ0v) is 25.2. The van der Waals surface area contributed by atoms with Gasteiger partial charge < -0.3 is 14.2 Å². The Morgan fingerprint density at radius 3 is 2.52 bits per heavy atom. The first kappa shape index (κ1) is 30.2. The fraction of sp³-hybridized carbons (Fsp3) is 0.267. The van der Waals surface area contributed by atoms with Gasteiger partial charge in [0, 0.05) is 32.7 Å². The summed E-state index contributed by atoms with van der Waals surface area (Å²) in [5.41, 5.74) is 6.18. The Hall–Kier alpha value is -2.78. The molecule has 0 atom stereocenters. The fourth-order valence-corrected chi connectivity index (χ4v) is 7.23. The van der Waals surface area contributed by atoms with Crippen LogP contribution in [0, 0.1) is 0 Å². The largest absolute Gasteiger partial charge is 0.490 e. The number of halogens is 2. The molecule has 0 aromatic heterocycles. The molecule has 1 N–H and O–H groups in total. The van der Waals surface area contributed by atoms with Crippen molar-refractivity contribution in [2.24, 2.45) is 5.10 Å². The summed E-state index contributed by atoms with van der Waals surface area (Å²) >= 11 is 16.2. The molecular formula is C30H30Cl2N2O4S2. The number of allylic oxidation sites excluding steroid dienone is 1. The first-order valence-corrected chi connectivity index (χ1v) is 15.6. The molecule has 6 nitrogen and oxygen atoms in total. The first-order valence-electron chi connectivity index (χ1n) is 12.7. The van der Waals surface area contributed by atoms with Crippen molar-refractivity contribution in [3.8, 4) is 17.2 Å². The van der Waals surface area contributed by atoms with Crippen LogP contribution in [0.25, 0.3) is 0 Å². The SMILES string of the molecule is C=CCc1cc(/C=N\NC(=O)COc2ccc(C3SCCS3)cc2)cc(OCC)c1OCc1ccc(Cl)cc1Cl. The van der Waals surface area contributed by atoms with Crippen molar-refractivity contribution in [3.63, 3.8) is 0 Å². The maximum Gasteiger partial charge on any atom is 0.277 e. The van der Waals surface area contributed by atoms with E-state index in [4.69, 9.17) is 37.4 Å². The number of thioether (sulfide) groups is 2. The average molecular weight is 618 g/mol. The van der Waals surface area contributed by atoms with Crippen LogP contribution in [0.3, 0.4) is 0 Å². The van der Waals surface area contributed by atoms with Gasteiger partial charge in [-0.1, -0.05) is 47.5 Å². The van der Waals surface area contributed by atoms with Gasteiger partial charge in [0.25, 0.3) is 5.91 Å². The topological polar surface area (TPSA) is 69.2 Å². The number of nitrogens with one attached hydrogen (secondary N) is 1. The number of amides is 1. The molecule has 3 aromatic rings. The van der Waals surface area contributed by atoms with Gasteiger partial charge in [0.15, 0.2) is 18.1 Å². The lowest BCUT2D eigenvalue weighted by Crippen LogP contribution is -2.24. The molecule has 0 spiro atoms. The van der Waals surface area contributed by atoms with Gasteiger partial charge in [0.1, 0.15) is 12.4 Å². The highest BCUT2D eigenvalue weighted by Crippen LogP contribution is 2.45. The van der Waals surface area contributed by atoms with E-state index in [1.807, 2.05) is 60.8 Å². The summed E-state index contributed by atoms with van der Waals surface area (Å²) in [5.74, 6) is 3.78. The lowest BCUT2D eigenvalue weighted by Gasteiger charge is -2.17. The van der Waals surface area contributed by atoms with Crippen molar-refractivity contribution in [2.75, 3.05) is 24.7 Å². The molecule has 210 valence electrons. The Morgan fingerprint density at radius 1 is 1.05 bits per heavy atom. The Balaban J connectivity index is 1.37. The molecule has 0 unspecified atom stereocenters. The summed E-state index contributed by atoms with van der Waals surface area (Å²) in [4.78, 5) is 12.3. The van der Waals surface area contributed by atoms with Crippen molar-refractivity contribution in [3.05, 3.63) is 99.6 Å². The molecule has 1 aliphatic rings. The van der Waals surface area contributed by atoms with E-state index in [-0.39, 0.29) is 19.1 Å². The number of rotatable bonds is 13. The molecule has 0 aliphatic carbocycles. The smallest absolute Gasteiger partial charge is 0.277 e. The Kier molecular flexibility index (Phi) is 11.5. The minimum absolute atomic E-state index is 0.143. The molecular weight excluding hydrogens is 587 g/mol. The number of nitrogens with zero attached hydrogens (tertiary/aromatic N) is 1. The van der Waals surface area contributed by atoms with Crippen LogP contribution in [0.1, 0.15) is 33.8 Å². The third-order valence-electron chi connectivity index (χ3n) is 5.75. The number of ether oxygens (including phenoxy) is 3. The minimum atomic E-state index is -0.363. The molecule has 3 aromatic carbocycles. The highest BCUT2D eigenvalue weighted by Gasteiger charge is 2.18. The van der Waals surface area contributed by atoms with Crippen LogP contribution >= 0.6 is 46.7 Å². The highest BCUT2D eigenvalue weighted by molar-refractivity contribution is 8.19. The Labute approximate surface area is 253 Å². The van der Waals surface area contributed by atoms with Gasteiger partial charge in [-0.3, -0.25) is 4.79 Å². The van der Waals surface area contributed by atoms with Crippen molar-refractivity contribution in [2.45, 2.75) is 24.5 Å². The van der Waals surface area contributed by atoms with E-state index in [0.717, 1.165) is 16.7 Å². The predicted octanol–water partition coefficient (Wildman–Crippen LogP) is 7.71. The lowest BCUT2D eigenvalue weighted by molar-refractivity contribution is -0.123. The molecule has 1 fully saturated rings. The lowest BCUT2D eigenvalue weighted by atomic mass is 10.1. The van der Waals surface area contributed by atoms with E-state index in [1.165, 1.54) is 17.1 Å². The van der Waals surface area contributed by atoms with Crippen LogP contribution in [0.5, 0.6) is 17.2 Å². The van der Waals surface area contributed by atoms with Gasteiger partial charge in [0.05, 0.1) is 17.4 Å². The van der Waals surface area contributed by atoms with E-state index in [9.17, 15) is 4.79 Å². The highest BCUT2D eigenvalue weighted by atomic mass is 35.5. The maximum atomic E-state index is 12.3. The summed E-state index contributed by atoms with van der Waals surface area (Å²) in [6.07, 6.45) is 3.88. The number of carbonyl (C=O) groups excluding carboxylic acids is 1. The molecule has 1 amide bonds. The number of carbonyl (C=O) groups is 1. The summed E-state index contributed by atoms with van der Waals surface area (Å²) in [5, 5.41) is 5.19. The molecule has 1 aliphatic heterocycles. The molecule has 0 saturated carbocycles. The van der Waals surface area contributed by atoms with Crippen molar-refractivity contribution >= 4 is 58.8 Å². The average Bonchev–Trinajstić information content (AvgIpc) is 3.48. The van der Waals surface area contributed by atoms with Crippen LogP contribution in [0.15, 0.2) is 72.4 Å². The van der Waals surface area contributed by atoms with E-state index in [1.54, 1.807) is 24.4 Å². The number of hydrazone groups is 1. The third kappa shape index (κ3) is 8.61. The predicted molar refractivity (Wildman–Crippen MR) is 168 cm³/mol. The van der Waals surface area contributed by atoms with Crippen molar-refractivity contribution < 1.29 is 19.0 Å². The van der Waals surface area contributed by atoms with Gasteiger partial charge in [0.2, 0.25) is 0 Å².